The van der Waals surface area contributed by atoms with Crippen LogP contribution in [0.4, 0.5) is 4.39 Å². The molecule has 7 nitrogen and oxygen atoms in total. The van der Waals surface area contributed by atoms with E-state index in [-0.39, 0.29) is 10.9 Å². The first-order valence-corrected chi connectivity index (χ1v) is 10.5. The van der Waals surface area contributed by atoms with E-state index in [1.54, 1.807) is 6.92 Å². The molecule has 0 saturated carbocycles. The largest absolute Gasteiger partial charge is 0.455 e. The fraction of sp³-hybridized carbons (Fsp3) is 0.300. The molecule has 2 rings (SSSR count). The van der Waals surface area contributed by atoms with Gasteiger partial charge < -0.3 is 10.1 Å². The maximum absolute atomic E-state index is 12.9. The van der Waals surface area contributed by atoms with Crippen LogP contribution in [0.25, 0.3) is 0 Å². The van der Waals surface area contributed by atoms with Crippen molar-refractivity contribution in [2.45, 2.75) is 31.2 Å². The zero-order valence-electron chi connectivity index (χ0n) is 16.1. The highest BCUT2D eigenvalue weighted by atomic mass is 32.2. The van der Waals surface area contributed by atoms with Crippen molar-refractivity contribution in [3.05, 3.63) is 65.5 Å². The van der Waals surface area contributed by atoms with Crippen LogP contribution in [0.1, 0.15) is 31.0 Å². The number of amides is 1. The van der Waals surface area contributed by atoms with Crippen LogP contribution in [0.15, 0.2) is 53.4 Å². The molecule has 0 radical (unpaired) electrons. The van der Waals surface area contributed by atoms with E-state index in [1.807, 2.05) is 35.9 Å². The predicted molar refractivity (Wildman–Crippen MR) is 105 cm³/mol. The monoisotopic (exact) mass is 422 g/mol. The first-order valence-electron chi connectivity index (χ1n) is 9.00. The molecule has 0 aliphatic heterocycles. The van der Waals surface area contributed by atoms with E-state index in [4.69, 9.17) is 4.74 Å². The van der Waals surface area contributed by atoms with Crippen molar-refractivity contribution in [1.82, 2.24) is 10.0 Å². The van der Waals surface area contributed by atoms with Gasteiger partial charge in [0.25, 0.3) is 5.91 Å². The molecule has 2 N–H and O–H groups in total. The van der Waals surface area contributed by atoms with Gasteiger partial charge >= 0.3 is 5.97 Å². The van der Waals surface area contributed by atoms with Crippen molar-refractivity contribution in [3.63, 3.8) is 0 Å². The Bertz CT molecular complexity index is 944. The SMILES string of the molecule is CCc1ccc([C@H](C)NC(=O)COC(=O)CNS(=O)(=O)c2ccc(F)cc2)cc1. The molecule has 0 aliphatic rings. The van der Waals surface area contributed by atoms with Crippen LogP contribution in [-0.2, 0) is 30.8 Å². The summed E-state index contributed by atoms with van der Waals surface area (Å²) >= 11 is 0. The Morgan fingerprint density at radius 1 is 1.07 bits per heavy atom. The minimum Gasteiger partial charge on any atom is -0.455 e. The summed E-state index contributed by atoms with van der Waals surface area (Å²) in [5.74, 6) is -2.00. The molecule has 0 bridgehead atoms. The average molecular weight is 422 g/mol. The van der Waals surface area contributed by atoms with E-state index < -0.39 is 40.9 Å². The van der Waals surface area contributed by atoms with E-state index in [0.29, 0.717) is 0 Å². The summed E-state index contributed by atoms with van der Waals surface area (Å²) < 4.78 is 43.7. The number of carbonyl (C=O) groups is 2. The van der Waals surface area contributed by atoms with Gasteiger partial charge in [0.2, 0.25) is 10.0 Å². The van der Waals surface area contributed by atoms with E-state index in [0.717, 1.165) is 36.2 Å². The average Bonchev–Trinajstić information content (AvgIpc) is 2.71. The third kappa shape index (κ3) is 6.95. The molecule has 0 fully saturated rings. The van der Waals surface area contributed by atoms with Crippen molar-refractivity contribution in [1.29, 1.82) is 0 Å². The first kappa shape index (κ1) is 22.5. The van der Waals surface area contributed by atoms with Gasteiger partial charge in [-0.2, -0.15) is 4.72 Å². The summed E-state index contributed by atoms with van der Waals surface area (Å²) in [5.41, 5.74) is 2.10. The Kier molecular flexibility index (Phi) is 7.86. The normalized spacial score (nSPS) is 12.2. The minimum absolute atomic E-state index is 0.188. The van der Waals surface area contributed by atoms with E-state index in [9.17, 15) is 22.4 Å². The number of esters is 1. The zero-order chi connectivity index (χ0) is 21.4. The van der Waals surface area contributed by atoms with Gasteiger partial charge in [-0.1, -0.05) is 31.2 Å². The molecule has 0 spiro atoms. The van der Waals surface area contributed by atoms with Gasteiger partial charge in [0.15, 0.2) is 6.61 Å². The van der Waals surface area contributed by atoms with Gasteiger partial charge in [-0.15, -0.1) is 0 Å². The number of sulfonamides is 1. The van der Waals surface area contributed by atoms with E-state index >= 15 is 0 Å². The fourth-order valence-corrected chi connectivity index (χ4v) is 3.43. The van der Waals surface area contributed by atoms with Crippen LogP contribution in [0.5, 0.6) is 0 Å². The topological polar surface area (TPSA) is 102 Å². The van der Waals surface area contributed by atoms with Crippen molar-refractivity contribution in [2.24, 2.45) is 0 Å². The first-order chi connectivity index (χ1) is 13.7. The van der Waals surface area contributed by atoms with Crippen LogP contribution in [0, 0.1) is 5.82 Å². The number of hydrogen-bond donors (Lipinski definition) is 2. The molecule has 2 aromatic rings. The molecule has 0 aliphatic carbocycles. The lowest BCUT2D eigenvalue weighted by molar-refractivity contribution is -0.147. The predicted octanol–water partition coefficient (Wildman–Crippen LogP) is 2.09. The number of hydrogen-bond acceptors (Lipinski definition) is 5. The lowest BCUT2D eigenvalue weighted by atomic mass is 10.1. The Balaban J connectivity index is 1.77. The standard InChI is InChI=1S/C20H23FN2O5S/c1-3-15-4-6-16(7-5-15)14(2)23-19(24)13-28-20(25)12-22-29(26,27)18-10-8-17(21)9-11-18/h4-11,14,22H,3,12-13H2,1-2H3,(H,23,24)/t14-/m0/s1. The number of halogens is 1. The van der Waals surface area contributed by atoms with E-state index in [1.165, 1.54) is 5.56 Å². The highest BCUT2D eigenvalue weighted by molar-refractivity contribution is 7.89. The van der Waals surface area contributed by atoms with Crippen LogP contribution in [-0.4, -0.2) is 33.4 Å². The second-order valence-electron chi connectivity index (χ2n) is 6.32. The van der Waals surface area contributed by atoms with Crippen molar-refractivity contribution in [2.75, 3.05) is 13.2 Å². The number of nitrogens with one attached hydrogen (secondary N) is 2. The van der Waals surface area contributed by atoms with Gasteiger partial charge in [0, 0.05) is 0 Å². The number of aryl methyl sites for hydroxylation is 1. The molecular weight excluding hydrogens is 399 g/mol. The molecule has 9 heteroatoms. The van der Waals surface area contributed by atoms with Crippen LogP contribution >= 0.6 is 0 Å². The number of rotatable bonds is 9. The molecule has 2 aromatic carbocycles. The summed E-state index contributed by atoms with van der Waals surface area (Å²) in [6.45, 7) is 2.67. The van der Waals surface area contributed by atoms with Gasteiger partial charge in [-0.3, -0.25) is 9.59 Å². The van der Waals surface area contributed by atoms with Crippen LogP contribution in [0.2, 0.25) is 0 Å². The molecule has 0 saturated heterocycles. The summed E-state index contributed by atoms with van der Waals surface area (Å²) in [4.78, 5) is 23.5. The number of ether oxygens (including phenoxy) is 1. The van der Waals surface area contributed by atoms with E-state index in [2.05, 4.69) is 5.32 Å². The highest BCUT2D eigenvalue weighted by Crippen LogP contribution is 2.13. The minimum atomic E-state index is -3.99. The lowest BCUT2D eigenvalue weighted by Gasteiger charge is -2.15. The van der Waals surface area contributed by atoms with Crippen molar-refractivity contribution in [3.8, 4) is 0 Å². The molecule has 0 heterocycles. The van der Waals surface area contributed by atoms with Gasteiger partial charge in [0.05, 0.1) is 10.9 Å². The molecule has 1 atom stereocenters. The maximum Gasteiger partial charge on any atom is 0.321 e. The molecule has 156 valence electrons. The van der Waals surface area contributed by atoms with Gasteiger partial charge in [-0.25, -0.2) is 12.8 Å². The molecule has 1 amide bonds. The van der Waals surface area contributed by atoms with Gasteiger partial charge in [0.1, 0.15) is 12.4 Å². The van der Waals surface area contributed by atoms with Crippen molar-refractivity contribution >= 4 is 21.9 Å². The second-order valence-corrected chi connectivity index (χ2v) is 8.09. The number of benzene rings is 2. The molecule has 0 aromatic heterocycles. The fourth-order valence-electron chi connectivity index (χ4n) is 2.46. The van der Waals surface area contributed by atoms with Crippen LogP contribution < -0.4 is 10.0 Å². The molecular formula is C20H23FN2O5S. The third-order valence-corrected chi connectivity index (χ3v) is 5.58. The summed E-state index contributed by atoms with van der Waals surface area (Å²) in [7, 11) is -3.99. The van der Waals surface area contributed by atoms with Crippen molar-refractivity contribution < 1.29 is 27.1 Å². The summed E-state index contributed by atoms with van der Waals surface area (Å²) in [6.07, 6.45) is 0.919. The third-order valence-electron chi connectivity index (χ3n) is 4.16. The molecule has 29 heavy (non-hydrogen) atoms. The zero-order valence-corrected chi connectivity index (χ0v) is 17.0. The highest BCUT2D eigenvalue weighted by Gasteiger charge is 2.17. The smallest absolute Gasteiger partial charge is 0.321 e. The Morgan fingerprint density at radius 2 is 1.69 bits per heavy atom. The van der Waals surface area contributed by atoms with Crippen LogP contribution in [0.3, 0.4) is 0 Å². The van der Waals surface area contributed by atoms with Gasteiger partial charge in [-0.05, 0) is 48.7 Å². The number of carbonyl (C=O) groups excluding carboxylic acids is 2. The lowest BCUT2D eigenvalue weighted by Crippen LogP contribution is -2.34. The molecule has 0 unspecified atom stereocenters. The maximum atomic E-state index is 12.9. The Labute approximate surface area is 169 Å². The summed E-state index contributed by atoms with van der Waals surface area (Å²) in [6, 6.07) is 11.7. The second kappa shape index (κ2) is 10.1. The Hall–Kier alpha value is -2.78. The summed E-state index contributed by atoms with van der Waals surface area (Å²) in [5, 5.41) is 2.70. The quantitative estimate of drug-likeness (QED) is 0.603. The Morgan fingerprint density at radius 3 is 2.28 bits per heavy atom.